The molecular weight excluding hydrogens is 277 g/mol. The number of carbonyl (C=O) groups is 1. The highest BCUT2D eigenvalue weighted by molar-refractivity contribution is 5.89. The van der Waals surface area contributed by atoms with Crippen molar-refractivity contribution in [2.24, 2.45) is 0 Å². The molecular formula is C14H19FN3O3. The van der Waals surface area contributed by atoms with Crippen LogP contribution in [0.25, 0.3) is 0 Å². The first-order valence-corrected chi connectivity index (χ1v) is 6.85. The minimum atomic E-state index is -0.562. The number of aliphatic hydroxyl groups excluding tert-OH is 1. The Morgan fingerprint density at radius 3 is 3.05 bits per heavy atom. The summed E-state index contributed by atoms with van der Waals surface area (Å²) >= 11 is 0. The number of anilines is 1. The molecule has 21 heavy (non-hydrogen) atoms. The molecule has 115 valence electrons. The van der Waals surface area contributed by atoms with Crippen molar-refractivity contribution in [3.63, 3.8) is 0 Å². The molecule has 6 nitrogen and oxygen atoms in total. The lowest BCUT2D eigenvalue weighted by molar-refractivity contribution is -0.00233. The Morgan fingerprint density at radius 1 is 1.57 bits per heavy atom. The van der Waals surface area contributed by atoms with Gasteiger partial charge in [0, 0.05) is 13.1 Å². The molecule has 2 unspecified atom stereocenters. The lowest BCUT2D eigenvalue weighted by Crippen LogP contribution is -2.36. The van der Waals surface area contributed by atoms with E-state index >= 15 is 0 Å². The molecule has 1 aliphatic rings. The van der Waals surface area contributed by atoms with E-state index in [1.165, 1.54) is 12.1 Å². The largest absolute Gasteiger partial charge is 0.395 e. The number of urea groups is 1. The van der Waals surface area contributed by atoms with Gasteiger partial charge in [-0.2, -0.15) is 0 Å². The molecule has 1 aromatic rings. The van der Waals surface area contributed by atoms with Crippen molar-refractivity contribution >= 4 is 11.7 Å². The first-order chi connectivity index (χ1) is 10.1. The van der Waals surface area contributed by atoms with Crippen LogP contribution < -0.4 is 16.0 Å². The maximum absolute atomic E-state index is 14.0. The van der Waals surface area contributed by atoms with Gasteiger partial charge in [-0.1, -0.05) is 6.07 Å². The van der Waals surface area contributed by atoms with Crippen LogP contribution in [0.3, 0.4) is 0 Å². The lowest BCUT2D eigenvalue weighted by Gasteiger charge is -2.29. The van der Waals surface area contributed by atoms with Gasteiger partial charge in [-0.05, 0) is 24.6 Å². The Kier molecular flexibility index (Phi) is 5.49. The molecule has 0 aromatic heterocycles. The van der Waals surface area contributed by atoms with Crippen molar-refractivity contribution in [2.45, 2.75) is 19.1 Å². The number of nitrogens with one attached hydrogen (secondary N) is 2. The number of rotatable bonds is 4. The number of morpholine rings is 1. The van der Waals surface area contributed by atoms with Crippen LogP contribution >= 0.6 is 0 Å². The number of carbonyl (C=O) groups excluding carboxylic acids is 1. The standard InChI is InChI=1S/C14H19FN3O3/c1-9-13(21-7-5-16-9)10-2-3-12(11(15)8-10)18-14(20)17-4-6-19/h2-3,8-9,13,19H,4-7H2,1H3,(H2,17,18,20). The molecule has 0 saturated carbocycles. The number of halogens is 1. The fourth-order valence-corrected chi connectivity index (χ4v) is 2.19. The predicted octanol–water partition coefficient (Wildman–Crippen LogP) is 1.00. The third kappa shape index (κ3) is 4.13. The first kappa shape index (κ1) is 15.7. The smallest absolute Gasteiger partial charge is 0.319 e. The van der Waals surface area contributed by atoms with Crippen LogP contribution in [0, 0.1) is 5.82 Å². The van der Waals surface area contributed by atoms with Crippen molar-refractivity contribution in [3.05, 3.63) is 29.6 Å². The summed E-state index contributed by atoms with van der Waals surface area (Å²) in [6, 6.07) is 3.97. The van der Waals surface area contributed by atoms with E-state index in [1.54, 1.807) is 6.07 Å². The molecule has 1 heterocycles. The third-order valence-electron chi connectivity index (χ3n) is 3.21. The van der Waals surface area contributed by atoms with Gasteiger partial charge >= 0.3 is 6.03 Å². The van der Waals surface area contributed by atoms with E-state index in [2.05, 4.69) is 16.0 Å². The fraction of sp³-hybridized carbons (Fsp3) is 0.500. The predicted molar refractivity (Wildman–Crippen MR) is 75.7 cm³/mol. The molecule has 0 bridgehead atoms. The van der Waals surface area contributed by atoms with Crippen LogP contribution in [-0.2, 0) is 4.74 Å². The van der Waals surface area contributed by atoms with E-state index < -0.39 is 11.8 Å². The van der Waals surface area contributed by atoms with Gasteiger partial charge in [0.1, 0.15) is 5.82 Å². The monoisotopic (exact) mass is 296 g/mol. The maximum Gasteiger partial charge on any atom is 0.319 e. The molecule has 2 amide bonds. The molecule has 1 radical (unpaired) electrons. The van der Waals surface area contributed by atoms with Crippen LogP contribution in [0.5, 0.6) is 0 Å². The average Bonchev–Trinajstić information content (AvgIpc) is 2.48. The normalized spacial score (nSPS) is 21.9. The highest BCUT2D eigenvalue weighted by Gasteiger charge is 2.25. The number of ether oxygens (including phenoxy) is 1. The van der Waals surface area contributed by atoms with Crippen LogP contribution in [0.15, 0.2) is 18.2 Å². The number of benzene rings is 1. The van der Waals surface area contributed by atoms with Gasteiger partial charge in [-0.15, -0.1) is 0 Å². The molecule has 1 fully saturated rings. The van der Waals surface area contributed by atoms with Gasteiger partial charge in [0.2, 0.25) is 0 Å². The van der Waals surface area contributed by atoms with Crippen LogP contribution in [0.4, 0.5) is 14.9 Å². The third-order valence-corrected chi connectivity index (χ3v) is 3.21. The lowest BCUT2D eigenvalue weighted by atomic mass is 10.0. The summed E-state index contributed by atoms with van der Waals surface area (Å²) in [5, 5.41) is 17.7. The number of amides is 2. The topological polar surface area (TPSA) is 84.7 Å². The Bertz CT molecular complexity index is 498. The molecule has 2 rings (SSSR count). The number of hydrogen-bond acceptors (Lipinski definition) is 3. The van der Waals surface area contributed by atoms with Gasteiger partial charge in [0.15, 0.2) is 0 Å². The molecule has 0 aliphatic carbocycles. The average molecular weight is 296 g/mol. The summed E-state index contributed by atoms with van der Waals surface area (Å²) in [6.45, 7) is 3.05. The van der Waals surface area contributed by atoms with Gasteiger partial charge in [-0.25, -0.2) is 14.5 Å². The quantitative estimate of drug-likeness (QED) is 0.775. The molecule has 3 N–H and O–H groups in total. The summed E-state index contributed by atoms with van der Waals surface area (Å²) in [6.07, 6.45) is -0.259. The molecule has 7 heteroatoms. The van der Waals surface area contributed by atoms with Crippen molar-refractivity contribution in [1.82, 2.24) is 10.6 Å². The van der Waals surface area contributed by atoms with Crippen molar-refractivity contribution in [2.75, 3.05) is 31.6 Å². The zero-order valence-corrected chi connectivity index (χ0v) is 11.8. The summed E-state index contributed by atoms with van der Waals surface area (Å²) in [5.74, 6) is -0.534. The number of aliphatic hydroxyl groups is 1. The molecule has 1 aromatic carbocycles. The van der Waals surface area contributed by atoms with Crippen molar-refractivity contribution in [3.8, 4) is 0 Å². The molecule has 1 aliphatic heterocycles. The van der Waals surface area contributed by atoms with Gasteiger partial charge in [-0.3, -0.25) is 0 Å². The van der Waals surface area contributed by atoms with Crippen LogP contribution in [0.1, 0.15) is 18.6 Å². The molecule has 2 atom stereocenters. The minimum Gasteiger partial charge on any atom is -0.395 e. The van der Waals surface area contributed by atoms with E-state index in [-0.39, 0.29) is 31.0 Å². The Morgan fingerprint density at radius 2 is 2.38 bits per heavy atom. The second-order valence-electron chi connectivity index (χ2n) is 4.78. The maximum atomic E-state index is 14.0. The highest BCUT2D eigenvalue weighted by atomic mass is 19.1. The van der Waals surface area contributed by atoms with Gasteiger partial charge in [0.25, 0.3) is 0 Å². The Hall–Kier alpha value is -1.70. The summed E-state index contributed by atoms with van der Waals surface area (Å²) in [7, 11) is 0. The van der Waals surface area contributed by atoms with Crippen LogP contribution in [0.2, 0.25) is 0 Å². The van der Waals surface area contributed by atoms with E-state index in [4.69, 9.17) is 9.84 Å². The SMILES string of the molecule is CC1[N]CCOC1c1ccc(NC(=O)NCCO)c(F)c1. The summed E-state index contributed by atoms with van der Waals surface area (Å²) < 4.78 is 19.7. The van der Waals surface area contributed by atoms with E-state index in [0.29, 0.717) is 18.7 Å². The minimum absolute atomic E-state index is 0.0233. The van der Waals surface area contributed by atoms with Crippen molar-refractivity contribution in [1.29, 1.82) is 0 Å². The number of hydrogen-bond donors (Lipinski definition) is 3. The molecule has 0 spiro atoms. The Balaban J connectivity index is 2.04. The van der Waals surface area contributed by atoms with Crippen LogP contribution in [-0.4, -0.2) is 43.5 Å². The highest BCUT2D eigenvalue weighted by Crippen LogP contribution is 2.27. The second-order valence-corrected chi connectivity index (χ2v) is 4.78. The number of nitrogens with zero attached hydrogens (tertiary/aromatic N) is 1. The fourth-order valence-electron chi connectivity index (χ4n) is 2.19. The first-order valence-electron chi connectivity index (χ1n) is 6.85. The second kappa shape index (κ2) is 7.35. The van der Waals surface area contributed by atoms with E-state index in [1.807, 2.05) is 6.92 Å². The van der Waals surface area contributed by atoms with Gasteiger partial charge in [0.05, 0.1) is 31.0 Å². The summed E-state index contributed by atoms with van der Waals surface area (Å²) in [5.41, 5.74) is 0.777. The Labute approximate surface area is 122 Å². The van der Waals surface area contributed by atoms with Crippen molar-refractivity contribution < 1.29 is 19.0 Å². The van der Waals surface area contributed by atoms with E-state index in [0.717, 1.165) is 0 Å². The zero-order chi connectivity index (χ0) is 15.2. The van der Waals surface area contributed by atoms with Gasteiger partial charge < -0.3 is 20.5 Å². The molecule has 1 saturated heterocycles. The van der Waals surface area contributed by atoms with E-state index in [9.17, 15) is 9.18 Å². The zero-order valence-electron chi connectivity index (χ0n) is 11.8. The summed E-state index contributed by atoms with van der Waals surface area (Å²) in [4.78, 5) is 11.4.